The molecule has 0 amide bonds. The molecular formula is C9H13FN2O2. The Morgan fingerprint density at radius 2 is 2.50 bits per heavy atom. The van der Waals surface area contributed by atoms with E-state index in [1.54, 1.807) is 0 Å². The quantitative estimate of drug-likeness (QED) is 0.780. The van der Waals surface area contributed by atoms with Crippen molar-refractivity contribution in [2.75, 3.05) is 6.61 Å². The van der Waals surface area contributed by atoms with Crippen molar-refractivity contribution < 1.29 is 14.2 Å². The van der Waals surface area contributed by atoms with Crippen LogP contribution < -0.4 is 0 Å². The molecule has 1 aromatic heterocycles. The highest BCUT2D eigenvalue weighted by Gasteiger charge is 2.20. The van der Waals surface area contributed by atoms with Gasteiger partial charge in [-0.25, -0.2) is 4.68 Å². The van der Waals surface area contributed by atoms with Gasteiger partial charge in [0.1, 0.15) is 0 Å². The monoisotopic (exact) mass is 200 g/mol. The van der Waals surface area contributed by atoms with Gasteiger partial charge in [0.25, 0.3) is 0 Å². The maximum Gasteiger partial charge on any atom is 0.214 e. The largest absolute Gasteiger partial charge is 0.390 e. The molecule has 1 unspecified atom stereocenters. The number of hydrogen-bond donors (Lipinski definition) is 1. The van der Waals surface area contributed by atoms with Crippen LogP contribution in [0.4, 0.5) is 4.39 Å². The third-order valence-corrected chi connectivity index (χ3v) is 2.33. The van der Waals surface area contributed by atoms with Crippen LogP contribution in [0.15, 0.2) is 6.07 Å². The lowest BCUT2D eigenvalue weighted by Crippen LogP contribution is -2.20. The fourth-order valence-electron chi connectivity index (χ4n) is 1.61. The topological polar surface area (TPSA) is 47.3 Å². The average Bonchev–Trinajstić information content (AvgIpc) is 2.61. The van der Waals surface area contributed by atoms with Gasteiger partial charge >= 0.3 is 0 Å². The van der Waals surface area contributed by atoms with Gasteiger partial charge in [0.05, 0.1) is 12.3 Å². The van der Waals surface area contributed by atoms with E-state index in [4.69, 9.17) is 9.84 Å². The van der Waals surface area contributed by atoms with Crippen LogP contribution in [0, 0.1) is 5.95 Å². The van der Waals surface area contributed by atoms with Gasteiger partial charge in [-0.2, -0.15) is 9.49 Å². The van der Waals surface area contributed by atoms with Gasteiger partial charge in [0.15, 0.2) is 6.23 Å². The molecule has 4 nitrogen and oxygen atoms in total. The molecule has 0 radical (unpaired) electrons. The van der Waals surface area contributed by atoms with Crippen LogP contribution in [-0.4, -0.2) is 21.5 Å². The molecule has 1 aliphatic rings. The summed E-state index contributed by atoms with van der Waals surface area (Å²) < 4.78 is 19.9. The van der Waals surface area contributed by atoms with Crippen molar-refractivity contribution in [3.05, 3.63) is 17.7 Å². The first-order chi connectivity index (χ1) is 6.81. The van der Waals surface area contributed by atoms with Gasteiger partial charge in [-0.3, -0.25) is 0 Å². The fraction of sp³-hybridized carbons (Fsp3) is 0.667. The number of ether oxygens (including phenoxy) is 1. The number of halogens is 1. The Bertz CT molecular complexity index is 308. The average molecular weight is 200 g/mol. The molecular weight excluding hydrogens is 187 g/mol. The second-order valence-electron chi connectivity index (χ2n) is 3.38. The molecule has 1 aromatic rings. The van der Waals surface area contributed by atoms with Crippen LogP contribution in [0.2, 0.25) is 0 Å². The van der Waals surface area contributed by atoms with Crippen LogP contribution in [0.25, 0.3) is 0 Å². The Hall–Kier alpha value is -0.940. The lowest BCUT2D eigenvalue weighted by molar-refractivity contribution is -0.0462. The summed E-state index contributed by atoms with van der Waals surface area (Å²) in [5.41, 5.74) is 0.344. The van der Waals surface area contributed by atoms with E-state index in [0.717, 1.165) is 19.3 Å². The highest BCUT2D eigenvalue weighted by atomic mass is 19.1. The molecule has 5 heteroatoms. The molecule has 78 valence electrons. The normalized spacial score (nSPS) is 22.6. The van der Waals surface area contributed by atoms with Crippen molar-refractivity contribution in [1.29, 1.82) is 0 Å². The maximum atomic E-state index is 13.3. The molecule has 0 bridgehead atoms. The molecule has 0 aliphatic carbocycles. The lowest BCUT2D eigenvalue weighted by Gasteiger charge is -2.22. The van der Waals surface area contributed by atoms with Crippen molar-refractivity contribution in [3.8, 4) is 0 Å². The summed E-state index contributed by atoms with van der Waals surface area (Å²) in [6.45, 7) is 0.412. The molecule has 1 saturated heterocycles. The van der Waals surface area contributed by atoms with E-state index >= 15 is 0 Å². The van der Waals surface area contributed by atoms with E-state index in [9.17, 15) is 4.39 Å². The van der Waals surface area contributed by atoms with E-state index in [0.29, 0.717) is 12.3 Å². The van der Waals surface area contributed by atoms with Crippen molar-refractivity contribution in [2.24, 2.45) is 0 Å². The maximum absolute atomic E-state index is 13.3. The number of aromatic nitrogens is 2. The predicted octanol–water partition coefficient (Wildman–Crippen LogP) is 1.21. The van der Waals surface area contributed by atoms with E-state index in [-0.39, 0.29) is 12.8 Å². The summed E-state index contributed by atoms with van der Waals surface area (Å²) in [7, 11) is 0. The zero-order valence-corrected chi connectivity index (χ0v) is 7.82. The van der Waals surface area contributed by atoms with Crippen LogP contribution >= 0.6 is 0 Å². The Kier molecular flexibility index (Phi) is 2.79. The molecule has 0 aromatic carbocycles. The third kappa shape index (κ3) is 1.78. The summed E-state index contributed by atoms with van der Waals surface area (Å²) in [5, 5.41) is 12.7. The molecule has 1 N–H and O–H groups in total. The summed E-state index contributed by atoms with van der Waals surface area (Å²) in [6.07, 6.45) is 2.53. The highest BCUT2D eigenvalue weighted by Crippen LogP contribution is 2.23. The van der Waals surface area contributed by atoms with Gasteiger partial charge in [0, 0.05) is 12.7 Å². The van der Waals surface area contributed by atoms with Crippen molar-refractivity contribution in [2.45, 2.75) is 32.1 Å². The smallest absolute Gasteiger partial charge is 0.214 e. The first-order valence-electron chi connectivity index (χ1n) is 4.77. The van der Waals surface area contributed by atoms with Crippen molar-refractivity contribution >= 4 is 0 Å². The molecule has 0 spiro atoms. The SMILES string of the molecule is OCc1cc(F)n(C2CCCCO2)n1. The van der Waals surface area contributed by atoms with Gasteiger partial charge in [-0.15, -0.1) is 0 Å². The minimum Gasteiger partial charge on any atom is -0.390 e. The number of aliphatic hydroxyl groups excluding tert-OH is 1. The zero-order chi connectivity index (χ0) is 9.97. The minimum atomic E-state index is -0.444. The van der Waals surface area contributed by atoms with Crippen LogP contribution in [0.5, 0.6) is 0 Å². The van der Waals surface area contributed by atoms with E-state index < -0.39 is 5.95 Å². The van der Waals surface area contributed by atoms with Crippen molar-refractivity contribution in [1.82, 2.24) is 9.78 Å². The van der Waals surface area contributed by atoms with Crippen LogP contribution in [0.3, 0.4) is 0 Å². The zero-order valence-electron chi connectivity index (χ0n) is 7.82. The molecule has 1 aliphatic heterocycles. The second kappa shape index (κ2) is 4.06. The molecule has 1 fully saturated rings. The number of hydrogen-bond acceptors (Lipinski definition) is 3. The van der Waals surface area contributed by atoms with E-state index in [1.807, 2.05) is 0 Å². The first kappa shape index (κ1) is 9.61. The van der Waals surface area contributed by atoms with E-state index in [1.165, 1.54) is 10.7 Å². The molecule has 0 saturated carbocycles. The summed E-state index contributed by atoms with van der Waals surface area (Å²) in [6, 6.07) is 1.23. The minimum absolute atomic E-state index is 0.239. The van der Waals surface area contributed by atoms with Gasteiger partial charge < -0.3 is 9.84 Å². The molecule has 14 heavy (non-hydrogen) atoms. The van der Waals surface area contributed by atoms with Gasteiger partial charge in [0.2, 0.25) is 5.95 Å². The Morgan fingerprint density at radius 1 is 1.64 bits per heavy atom. The van der Waals surface area contributed by atoms with Crippen LogP contribution in [-0.2, 0) is 11.3 Å². The molecule has 2 heterocycles. The Labute approximate surface area is 81.3 Å². The first-order valence-corrected chi connectivity index (χ1v) is 4.77. The third-order valence-electron chi connectivity index (χ3n) is 2.33. The number of nitrogens with zero attached hydrogens (tertiary/aromatic N) is 2. The van der Waals surface area contributed by atoms with Gasteiger partial charge in [-0.1, -0.05) is 0 Å². The number of aliphatic hydroxyl groups is 1. The standard InChI is InChI=1S/C9H13FN2O2/c10-8-5-7(6-13)11-12(8)9-3-1-2-4-14-9/h5,9,13H,1-4,6H2. The summed E-state index contributed by atoms with van der Waals surface area (Å²) in [4.78, 5) is 0. The fourth-order valence-corrected chi connectivity index (χ4v) is 1.61. The van der Waals surface area contributed by atoms with Crippen molar-refractivity contribution in [3.63, 3.8) is 0 Å². The summed E-state index contributed by atoms with van der Waals surface area (Å²) >= 11 is 0. The lowest BCUT2D eigenvalue weighted by atomic mass is 10.2. The second-order valence-corrected chi connectivity index (χ2v) is 3.38. The highest BCUT2D eigenvalue weighted by molar-refractivity contribution is 4.99. The predicted molar refractivity (Wildman–Crippen MR) is 46.9 cm³/mol. The number of rotatable bonds is 2. The van der Waals surface area contributed by atoms with Gasteiger partial charge in [-0.05, 0) is 19.3 Å². The molecule has 1 atom stereocenters. The summed E-state index contributed by atoms with van der Waals surface area (Å²) in [5.74, 6) is -0.444. The Balaban J connectivity index is 2.17. The Morgan fingerprint density at radius 3 is 3.07 bits per heavy atom. The molecule has 2 rings (SSSR count). The van der Waals surface area contributed by atoms with Crippen LogP contribution in [0.1, 0.15) is 31.2 Å². The van der Waals surface area contributed by atoms with E-state index in [2.05, 4.69) is 5.10 Å².